The van der Waals surface area contributed by atoms with Gasteiger partial charge in [-0.1, -0.05) is 35.8 Å². The van der Waals surface area contributed by atoms with Crippen molar-refractivity contribution in [1.82, 2.24) is 0 Å². The molecular weight excluding hydrogens is 588 g/mol. The number of carbonyl (C=O) groups is 1. The Hall–Kier alpha value is -3.37. The fourth-order valence-electron chi connectivity index (χ4n) is 5.62. The molecule has 3 heterocycles. The third-order valence-corrected chi connectivity index (χ3v) is 8.24. The van der Waals surface area contributed by atoms with Crippen molar-refractivity contribution in [1.29, 1.82) is 0 Å². The Balaban J connectivity index is 1.43. The van der Waals surface area contributed by atoms with Crippen molar-refractivity contribution in [3.63, 3.8) is 0 Å². The number of carbonyl (C=O) groups excluding carboxylic acids is 1. The first-order valence-corrected chi connectivity index (χ1v) is 14.7. The van der Waals surface area contributed by atoms with Crippen LogP contribution in [-0.2, 0) is 31.8 Å². The number of esters is 1. The number of aliphatic hydroxyl groups excluding tert-OH is 8. The molecule has 10 atom stereocenters. The number of aryl methyl sites for hydroxylation is 1. The molecule has 2 aromatic carbocycles. The lowest BCUT2D eigenvalue weighted by Crippen LogP contribution is -2.58. The molecule has 2 aromatic rings. The first kappa shape index (κ1) is 33.0. The zero-order valence-electron chi connectivity index (χ0n) is 24.2. The normalized spacial score (nSPS) is 33.3. The second-order valence-electron chi connectivity index (χ2n) is 11.3. The molecule has 0 radical (unpaired) electrons. The van der Waals surface area contributed by atoms with Gasteiger partial charge in [-0.2, -0.15) is 0 Å². The van der Waals surface area contributed by atoms with E-state index in [2.05, 4.69) is 23.7 Å². The predicted molar refractivity (Wildman–Crippen MR) is 156 cm³/mol. The summed E-state index contributed by atoms with van der Waals surface area (Å²) in [5, 5.41) is 79.7. The maximum absolute atomic E-state index is 12.4. The summed E-state index contributed by atoms with van der Waals surface area (Å²) in [5.74, 6) is 11.0. The van der Waals surface area contributed by atoms with E-state index in [-0.39, 0.29) is 19.0 Å². The van der Waals surface area contributed by atoms with Crippen molar-refractivity contribution in [2.24, 2.45) is 0 Å². The van der Waals surface area contributed by atoms with E-state index in [1.165, 1.54) is 0 Å². The van der Waals surface area contributed by atoms with Crippen molar-refractivity contribution in [2.75, 3.05) is 19.8 Å². The summed E-state index contributed by atoms with van der Waals surface area (Å²) >= 11 is 0. The minimum absolute atomic E-state index is 0.147. The van der Waals surface area contributed by atoms with Gasteiger partial charge in [-0.25, -0.2) is 0 Å². The number of ether oxygens (including phenoxy) is 3. The smallest absolute Gasteiger partial charge is 0.306 e. The highest BCUT2D eigenvalue weighted by atomic mass is 16.6. The van der Waals surface area contributed by atoms with Gasteiger partial charge in [-0.05, 0) is 52.9 Å². The molecule has 0 amide bonds. The minimum atomic E-state index is -1.53. The number of cyclic esters (lactones) is 1. The third kappa shape index (κ3) is 7.22. The van der Waals surface area contributed by atoms with E-state index in [1.807, 2.05) is 24.3 Å². The van der Waals surface area contributed by atoms with Crippen LogP contribution in [0.1, 0.15) is 28.7 Å². The second-order valence-corrected chi connectivity index (χ2v) is 11.3. The average Bonchev–Trinajstić information content (AvgIpc) is 3.04. The Morgan fingerprint density at radius 3 is 1.56 bits per heavy atom. The predicted octanol–water partition coefficient (Wildman–Crippen LogP) is -2.23. The molecule has 0 aliphatic carbocycles. The SMILES string of the molecule is O=C1CCc2cc(C#C[C@H]3O[C@H](CO)[C@@H](O)[C@H](O)C3O)ccc2-c2ccc(C#C[C@H]3O[C@H](CO)[C@@H](O)[C@H](O)[C@@H]3O)cc2CCO1. The molecule has 2 fully saturated rings. The van der Waals surface area contributed by atoms with E-state index < -0.39 is 74.3 Å². The summed E-state index contributed by atoms with van der Waals surface area (Å²) in [4.78, 5) is 12.4. The maximum Gasteiger partial charge on any atom is 0.306 e. The number of aliphatic hydroxyl groups is 8. The molecule has 3 aliphatic rings. The summed E-state index contributed by atoms with van der Waals surface area (Å²) in [7, 11) is 0. The monoisotopic (exact) mass is 624 g/mol. The highest BCUT2D eigenvalue weighted by molar-refractivity contribution is 5.75. The third-order valence-electron chi connectivity index (χ3n) is 8.24. The number of rotatable bonds is 2. The molecule has 45 heavy (non-hydrogen) atoms. The van der Waals surface area contributed by atoms with Crippen molar-refractivity contribution in [3.8, 4) is 34.8 Å². The van der Waals surface area contributed by atoms with E-state index in [9.17, 15) is 45.6 Å². The molecule has 0 aromatic heterocycles. The van der Waals surface area contributed by atoms with Crippen LogP contribution in [0.15, 0.2) is 36.4 Å². The van der Waals surface area contributed by atoms with Gasteiger partial charge in [0.15, 0.2) is 0 Å². The number of fused-ring (bicyclic) bond motifs is 3. The van der Waals surface area contributed by atoms with Crippen molar-refractivity contribution >= 4 is 5.97 Å². The highest BCUT2D eigenvalue weighted by Crippen LogP contribution is 2.31. The van der Waals surface area contributed by atoms with Gasteiger partial charge in [0.25, 0.3) is 0 Å². The zero-order valence-corrected chi connectivity index (χ0v) is 24.2. The lowest BCUT2D eigenvalue weighted by atomic mass is 9.89. The van der Waals surface area contributed by atoms with Gasteiger partial charge in [-0.15, -0.1) is 0 Å². The van der Waals surface area contributed by atoms with Crippen LogP contribution in [0.2, 0.25) is 0 Å². The number of hydrogen-bond acceptors (Lipinski definition) is 12. The van der Waals surface area contributed by atoms with E-state index in [1.54, 1.807) is 12.1 Å². The Morgan fingerprint density at radius 2 is 1.09 bits per heavy atom. The summed E-state index contributed by atoms with van der Waals surface area (Å²) in [6.07, 6.45) is -12.5. The minimum Gasteiger partial charge on any atom is -0.465 e. The van der Waals surface area contributed by atoms with Gasteiger partial charge in [-0.3, -0.25) is 4.79 Å². The first-order chi connectivity index (χ1) is 21.6. The van der Waals surface area contributed by atoms with Gasteiger partial charge >= 0.3 is 5.97 Å². The van der Waals surface area contributed by atoms with Gasteiger partial charge < -0.3 is 55.1 Å². The molecule has 1 unspecified atom stereocenters. The molecule has 12 heteroatoms. The Kier molecular flexibility index (Phi) is 10.5. The van der Waals surface area contributed by atoms with Crippen LogP contribution < -0.4 is 0 Å². The number of benzene rings is 2. The van der Waals surface area contributed by atoms with E-state index >= 15 is 0 Å². The summed E-state index contributed by atoms with van der Waals surface area (Å²) in [6, 6.07) is 11.0. The fourth-order valence-corrected chi connectivity index (χ4v) is 5.62. The molecule has 0 saturated carbocycles. The summed E-state index contributed by atoms with van der Waals surface area (Å²) in [6.45, 7) is -0.951. The highest BCUT2D eigenvalue weighted by Gasteiger charge is 2.43. The first-order valence-electron chi connectivity index (χ1n) is 14.7. The molecule has 2 saturated heterocycles. The molecule has 5 rings (SSSR count). The van der Waals surface area contributed by atoms with Crippen LogP contribution in [0.5, 0.6) is 0 Å². The van der Waals surface area contributed by atoms with E-state index in [0.717, 1.165) is 22.3 Å². The summed E-state index contributed by atoms with van der Waals surface area (Å²) < 4.78 is 16.4. The van der Waals surface area contributed by atoms with Gasteiger partial charge in [0.1, 0.15) is 61.0 Å². The zero-order chi connectivity index (χ0) is 32.2. The van der Waals surface area contributed by atoms with Crippen LogP contribution in [0.3, 0.4) is 0 Å². The molecule has 240 valence electrons. The average molecular weight is 625 g/mol. The van der Waals surface area contributed by atoms with Crippen molar-refractivity contribution in [2.45, 2.75) is 80.3 Å². The van der Waals surface area contributed by atoms with Crippen LogP contribution in [0, 0.1) is 23.7 Å². The Labute approximate surface area is 259 Å². The summed E-state index contributed by atoms with van der Waals surface area (Å²) in [5.41, 5.74) is 4.53. The largest absolute Gasteiger partial charge is 0.465 e. The number of hydrogen-bond donors (Lipinski definition) is 8. The van der Waals surface area contributed by atoms with Crippen LogP contribution >= 0.6 is 0 Å². The van der Waals surface area contributed by atoms with Gasteiger partial charge in [0.2, 0.25) is 0 Å². The topological polar surface area (TPSA) is 207 Å². The van der Waals surface area contributed by atoms with E-state index in [4.69, 9.17) is 14.2 Å². The van der Waals surface area contributed by atoms with E-state index in [0.29, 0.717) is 24.0 Å². The molecule has 12 nitrogen and oxygen atoms in total. The van der Waals surface area contributed by atoms with Crippen LogP contribution in [0.25, 0.3) is 11.1 Å². The standard InChI is InChI=1S/C33H36O12/c34-15-25-30(39)32(41)28(37)23(44-25)8-3-17-1-6-21-19(13-17)5-10-27(36)43-12-11-20-14-18(2-7-22(20)21)4-9-24-29(38)33(42)31(40)26(16-35)45-24/h1-2,6-7,13-14,23-26,28-35,37-42H,5,10-12,15-16H2/t23-,24-,25-,26-,28?,29-,30-,31-,32-,33-/m1/s1. The van der Waals surface area contributed by atoms with Crippen molar-refractivity contribution in [3.05, 3.63) is 58.7 Å². The molecule has 0 spiro atoms. The molecule has 0 bridgehead atoms. The maximum atomic E-state index is 12.4. The lowest BCUT2D eigenvalue weighted by molar-refractivity contribution is -0.214. The molecule has 8 N–H and O–H groups in total. The fraction of sp³-hybridized carbons (Fsp3) is 0.485. The van der Waals surface area contributed by atoms with Gasteiger partial charge in [0, 0.05) is 24.0 Å². The van der Waals surface area contributed by atoms with Crippen molar-refractivity contribution < 1.29 is 59.9 Å². The van der Waals surface area contributed by atoms with Crippen LogP contribution in [0.4, 0.5) is 0 Å². The lowest BCUT2D eigenvalue weighted by Gasteiger charge is -2.37. The second kappa shape index (κ2) is 14.4. The van der Waals surface area contributed by atoms with Crippen LogP contribution in [-0.4, -0.2) is 128 Å². The quantitative estimate of drug-likeness (QED) is 0.132. The Bertz CT molecular complexity index is 1500. The molecule has 3 aliphatic heterocycles. The Morgan fingerprint density at radius 1 is 0.622 bits per heavy atom. The van der Waals surface area contributed by atoms with Gasteiger partial charge in [0.05, 0.1) is 19.8 Å². The molecular formula is C33H36O12.